The Morgan fingerprint density at radius 1 is 1.30 bits per heavy atom. The van der Waals surface area contributed by atoms with E-state index in [4.69, 9.17) is 10.5 Å². The molecule has 5 nitrogen and oxygen atoms in total. The number of benzene rings is 1. The molecule has 20 heavy (non-hydrogen) atoms. The van der Waals surface area contributed by atoms with E-state index in [0.29, 0.717) is 11.7 Å². The SMILES string of the molecule is COc1ccc(CC(C)NN2CCN(C)CC2)cc1N. The summed E-state index contributed by atoms with van der Waals surface area (Å²) in [5.74, 6) is 0.744. The number of nitrogen functional groups attached to an aromatic ring is 1. The summed E-state index contributed by atoms with van der Waals surface area (Å²) in [5, 5.41) is 2.32. The van der Waals surface area contributed by atoms with Gasteiger partial charge in [-0.05, 0) is 38.1 Å². The van der Waals surface area contributed by atoms with Crippen molar-refractivity contribution in [2.45, 2.75) is 19.4 Å². The standard InChI is InChI=1S/C15H26N4O/c1-12(17-19-8-6-18(2)7-9-19)10-13-4-5-15(20-3)14(16)11-13/h4-5,11-12,17H,6-10,16H2,1-3H3. The number of nitrogens with two attached hydrogens (primary N) is 1. The van der Waals surface area contributed by atoms with Gasteiger partial charge in [-0.3, -0.25) is 5.43 Å². The highest BCUT2D eigenvalue weighted by molar-refractivity contribution is 5.54. The molecular formula is C15H26N4O. The second-order valence-electron chi connectivity index (χ2n) is 5.60. The molecule has 0 saturated carbocycles. The van der Waals surface area contributed by atoms with E-state index in [2.05, 4.69) is 35.4 Å². The molecular weight excluding hydrogens is 252 g/mol. The van der Waals surface area contributed by atoms with Gasteiger partial charge in [0.25, 0.3) is 0 Å². The lowest BCUT2D eigenvalue weighted by atomic mass is 10.1. The van der Waals surface area contributed by atoms with Crippen molar-refractivity contribution in [1.29, 1.82) is 0 Å². The van der Waals surface area contributed by atoms with E-state index in [1.165, 1.54) is 5.56 Å². The largest absolute Gasteiger partial charge is 0.495 e. The maximum absolute atomic E-state index is 5.95. The number of rotatable bonds is 5. The van der Waals surface area contributed by atoms with Crippen LogP contribution in [0.3, 0.4) is 0 Å². The molecule has 1 saturated heterocycles. The third-order valence-electron chi connectivity index (χ3n) is 3.74. The van der Waals surface area contributed by atoms with E-state index in [0.717, 1.165) is 38.3 Å². The predicted molar refractivity (Wildman–Crippen MR) is 82.8 cm³/mol. The number of nitrogens with one attached hydrogen (secondary N) is 1. The molecule has 3 N–H and O–H groups in total. The van der Waals surface area contributed by atoms with Gasteiger partial charge < -0.3 is 15.4 Å². The molecule has 1 atom stereocenters. The van der Waals surface area contributed by atoms with Crippen LogP contribution in [0.5, 0.6) is 5.75 Å². The smallest absolute Gasteiger partial charge is 0.141 e. The van der Waals surface area contributed by atoms with Crippen LogP contribution in [0.4, 0.5) is 5.69 Å². The summed E-state index contributed by atoms with van der Waals surface area (Å²) in [5.41, 5.74) is 11.5. The number of anilines is 1. The van der Waals surface area contributed by atoms with Crippen LogP contribution in [0.25, 0.3) is 0 Å². The maximum atomic E-state index is 5.95. The third-order valence-corrected chi connectivity index (χ3v) is 3.74. The van der Waals surface area contributed by atoms with Crippen LogP contribution in [0.1, 0.15) is 12.5 Å². The second kappa shape index (κ2) is 6.92. The molecule has 0 amide bonds. The first kappa shape index (κ1) is 15.1. The fraction of sp³-hybridized carbons (Fsp3) is 0.600. The maximum Gasteiger partial charge on any atom is 0.141 e. The highest BCUT2D eigenvalue weighted by Gasteiger charge is 2.15. The van der Waals surface area contributed by atoms with Crippen molar-refractivity contribution in [3.8, 4) is 5.75 Å². The lowest BCUT2D eigenvalue weighted by Gasteiger charge is -2.34. The number of piperazine rings is 1. The van der Waals surface area contributed by atoms with E-state index < -0.39 is 0 Å². The van der Waals surface area contributed by atoms with Gasteiger partial charge in [0.05, 0.1) is 12.8 Å². The zero-order chi connectivity index (χ0) is 14.5. The minimum Gasteiger partial charge on any atom is -0.495 e. The van der Waals surface area contributed by atoms with Crippen LogP contribution < -0.4 is 15.9 Å². The minimum absolute atomic E-state index is 0.395. The van der Waals surface area contributed by atoms with E-state index in [1.807, 2.05) is 12.1 Å². The van der Waals surface area contributed by atoms with Crippen LogP contribution in [0, 0.1) is 0 Å². The van der Waals surface area contributed by atoms with Gasteiger partial charge in [0.15, 0.2) is 0 Å². The summed E-state index contributed by atoms with van der Waals surface area (Å²) in [7, 11) is 3.81. The molecule has 0 spiro atoms. The van der Waals surface area contributed by atoms with Crippen molar-refractivity contribution in [2.24, 2.45) is 0 Å². The minimum atomic E-state index is 0.395. The number of hydrazine groups is 1. The van der Waals surface area contributed by atoms with Crippen molar-refractivity contribution in [1.82, 2.24) is 15.3 Å². The highest BCUT2D eigenvalue weighted by atomic mass is 16.5. The van der Waals surface area contributed by atoms with Crippen molar-refractivity contribution in [2.75, 3.05) is 46.1 Å². The van der Waals surface area contributed by atoms with Gasteiger partial charge in [-0.25, -0.2) is 5.01 Å². The fourth-order valence-electron chi connectivity index (χ4n) is 2.56. The molecule has 0 bridgehead atoms. The summed E-state index contributed by atoms with van der Waals surface area (Å²) >= 11 is 0. The number of ether oxygens (including phenoxy) is 1. The van der Waals surface area contributed by atoms with Gasteiger partial charge in [-0.2, -0.15) is 0 Å². The molecule has 1 unspecified atom stereocenters. The topological polar surface area (TPSA) is 53.8 Å². The van der Waals surface area contributed by atoms with Crippen molar-refractivity contribution < 1.29 is 4.74 Å². The number of likely N-dealkylation sites (N-methyl/N-ethyl adjacent to an activating group) is 1. The van der Waals surface area contributed by atoms with Crippen molar-refractivity contribution >= 4 is 5.69 Å². The first-order valence-electron chi connectivity index (χ1n) is 7.20. The Morgan fingerprint density at radius 2 is 2.00 bits per heavy atom. The lowest BCUT2D eigenvalue weighted by Crippen LogP contribution is -2.53. The lowest BCUT2D eigenvalue weighted by molar-refractivity contribution is 0.0899. The quantitative estimate of drug-likeness (QED) is 0.786. The zero-order valence-electron chi connectivity index (χ0n) is 12.7. The van der Waals surface area contributed by atoms with Crippen LogP contribution in [0.2, 0.25) is 0 Å². The average Bonchev–Trinajstić information content (AvgIpc) is 2.41. The molecule has 0 aromatic heterocycles. The van der Waals surface area contributed by atoms with Crippen LogP contribution in [0.15, 0.2) is 18.2 Å². The van der Waals surface area contributed by atoms with Gasteiger partial charge in [0.2, 0.25) is 0 Å². The van der Waals surface area contributed by atoms with Crippen LogP contribution in [-0.2, 0) is 6.42 Å². The van der Waals surface area contributed by atoms with E-state index in [1.54, 1.807) is 7.11 Å². The van der Waals surface area contributed by atoms with Crippen LogP contribution in [-0.4, -0.2) is 56.3 Å². The Bertz CT molecular complexity index is 430. The molecule has 1 aliphatic heterocycles. The Kier molecular flexibility index (Phi) is 5.23. The highest BCUT2D eigenvalue weighted by Crippen LogP contribution is 2.22. The summed E-state index contributed by atoms with van der Waals surface area (Å²) in [4.78, 5) is 2.35. The summed E-state index contributed by atoms with van der Waals surface area (Å²) in [6.07, 6.45) is 0.959. The zero-order valence-corrected chi connectivity index (χ0v) is 12.7. The van der Waals surface area contributed by atoms with Gasteiger partial charge in [0.1, 0.15) is 5.75 Å². The number of hydrogen-bond acceptors (Lipinski definition) is 5. The van der Waals surface area contributed by atoms with Gasteiger partial charge in [-0.15, -0.1) is 0 Å². The molecule has 1 heterocycles. The Morgan fingerprint density at radius 3 is 2.60 bits per heavy atom. The van der Waals surface area contributed by atoms with Crippen LogP contribution >= 0.6 is 0 Å². The van der Waals surface area contributed by atoms with E-state index in [-0.39, 0.29) is 0 Å². The summed E-state index contributed by atoms with van der Waals surface area (Å²) in [6, 6.07) is 6.41. The molecule has 0 radical (unpaired) electrons. The molecule has 1 aromatic rings. The fourth-order valence-corrected chi connectivity index (χ4v) is 2.56. The molecule has 5 heteroatoms. The normalized spacial score (nSPS) is 18.9. The van der Waals surface area contributed by atoms with Gasteiger partial charge >= 0.3 is 0 Å². The molecule has 1 aromatic carbocycles. The number of hydrogen-bond donors (Lipinski definition) is 2. The Balaban J connectivity index is 1.85. The average molecular weight is 278 g/mol. The van der Waals surface area contributed by atoms with Gasteiger partial charge in [-0.1, -0.05) is 6.07 Å². The molecule has 112 valence electrons. The molecule has 0 aliphatic carbocycles. The van der Waals surface area contributed by atoms with Gasteiger partial charge in [0, 0.05) is 32.2 Å². The second-order valence-corrected chi connectivity index (χ2v) is 5.60. The third kappa shape index (κ3) is 4.10. The number of nitrogens with zero attached hydrogens (tertiary/aromatic N) is 2. The summed E-state index contributed by atoms with van der Waals surface area (Å²) < 4.78 is 5.18. The first-order valence-corrected chi connectivity index (χ1v) is 7.20. The van der Waals surface area contributed by atoms with Crippen molar-refractivity contribution in [3.05, 3.63) is 23.8 Å². The monoisotopic (exact) mass is 278 g/mol. The van der Waals surface area contributed by atoms with Crippen molar-refractivity contribution in [3.63, 3.8) is 0 Å². The molecule has 1 aliphatic rings. The number of methoxy groups -OCH3 is 1. The Hall–Kier alpha value is -1.30. The van der Waals surface area contributed by atoms with E-state index >= 15 is 0 Å². The first-order chi connectivity index (χ1) is 9.58. The predicted octanol–water partition coefficient (Wildman–Crippen LogP) is 0.960. The Labute approximate surface area is 121 Å². The van der Waals surface area contributed by atoms with E-state index in [9.17, 15) is 0 Å². The summed E-state index contributed by atoms with van der Waals surface area (Å²) in [6.45, 7) is 6.60. The molecule has 2 rings (SSSR count). The molecule has 1 fully saturated rings.